The smallest absolute Gasteiger partial charge is 0.343 e. The Labute approximate surface area is 129 Å². The molecule has 1 rings (SSSR count). The van der Waals surface area contributed by atoms with E-state index in [1.54, 1.807) is 38.1 Å². The highest BCUT2D eigenvalue weighted by Gasteiger charge is 2.22. The van der Waals surface area contributed by atoms with Crippen LogP contribution < -0.4 is 5.32 Å². The maximum Gasteiger partial charge on any atom is 0.343 e. The van der Waals surface area contributed by atoms with E-state index in [0.717, 1.165) is 0 Å². The molecule has 1 N–H and O–H groups in total. The Bertz CT molecular complexity index is 551. The van der Waals surface area contributed by atoms with Gasteiger partial charge in [-0.1, -0.05) is 18.2 Å². The van der Waals surface area contributed by atoms with E-state index < -0.39 is 24.1 Å². The van der Waals surface area contributed by atoms with E-state index in [1.165, 1.54) is 6.20 Å². The lowest BCUT2D eigenvalue weighted by Gasteiger charge is -2.07. The zero-order valence-electron chi connectivity index (χ0n) is 12.6. The Kier molecular flexibility index (Phi) is 7.39. The summed E-state index contributed by atoms with van der Waals surface area (Å²) >= 11 is 0. The van der Waals surface area contributed by atoms with Crippen LogP contribution >= 0.6 is 0 Å². The van der Waals surface area contributed by atoms with E-state index in [4.69, 9.17) is 9.47 Å². The van der Waals surface area contributed by atoms with Gasteiger partial charge in [0.05, 0.1) is 13.2 Å². The van der Waals surface area contributed by atoms with Crippen molar-refractivity contribution < 1.29 is 23.9 Å². The molecule has 0 aromatic heterocycles. The molecule has 6 heteroatoms. The molecule has 0 saturated carbocycles. The summed E-state index contributed by atoms with van der Waals surface area (Å²) in [5.74, 6) is -2.11. The third-order valence-electron chi connectivity index (χ3n) is 2.56. The van der Waals surface area contributed by atoms with E-state index in [1.807, 2.05) is 6.07 Å². The fraction of sp³-hybridized carbons (Fsp3) is 0.312. The summed E-state index contributed by atoms with van der Waals surface area (Å²) < 4.78 is 9.54. The van der Waals surface area contributed by atoms with E-state index in [-0.39, 0.29) is 18.8 Å². The Morgan fingerprint density at radius 3 is 2.27 bits per heavy atom. The highest BCUT2D eigenvalue weighted by atomic mass is 16.5. The van der Waals surface area contributed by atoms with Crippen LogP contribution in [0.2, 0.25) is 0 Å². The van der Waals surface area contributed by atoms with Gasteiger partial charge in [-0.2, -0.15) is 0 Å². The van der Waals surface area contributed by atoms with Crippen molar-refractivity contribution >= 4 is 23.4 Å². The Hall–Kier alpha value is -2.63. The van der Waals surface area contributed by atoms with Gasteiger partial charge < -0.3 is 14.8 Å². The highest BCUT2D eigenvalue weighted by Crippen LogP contribution is 2.09. The van der Waals surface area contributed by atoms with Gasteiger partial charge in [0.2, 0.25) is 0 Å². The average Bonchev–Trinajstić information content (AvgIpc) is 2.49. The van der Waals surface area contributed by atoms with Crippen LogP contribution in [0.25, 0.3) is 0 Å². The molecule has 118 valence electrons. The van der Waals surface area contributed by atoms with Gasteiger partial charge in [-0.05, 0) is 26.0 Å². The number of benzene rings is 1. The third-order valence-corrected chi connectivity index (χ3v) is 2.56. The molecule has 0 spiro atoms. The number of para-hydroxylation sites is 1. The summed E-state index contributed by atoms with van der Waals surface area (Å²) in [6, 6.07) is 9.00. The highest BCUT2D eigenvalue weighted by molar-refractivity contribution is 6.21. The monoisotopic (exact) mass is 305 g/mol. The summed E-state index contributed by atoms with van der Waals surface area (Å²) in [5, 5.41) is 2.83. The minimum absolute atomic E-state index is 0.133. The molecule has 0 unspecified atom stereocenters. The normalized spacial score (nSPS) is 10.7. The number of hydrogen-bond donors (Lipinski definition) is 1. The van der Waals surface area contributed by atoms with Crippen LogP contribution in [0.15, 0.2) is 42.1 Å². The molecule has 0 atom stereocenters. The summed E-state index contributed by atoms with van der Waals surface area (Å²) in [7, 11) is 0. The lowest BCUT2D eigenvalue weighted by atomic mass is 10.1. The quantitative estimate of drug-likeness (QED) is 0.343. The first kappa shape index (κ1) is 17.4. The van der Waals surface area contributed by atoms with Crippen molar-refractivity contribution in [1.29, 1.82) is 0 Å². The molecule has 0 bridgehead atoms. The van der Waals surface area contributed by atoms with Gasteiger partial charge in [-0.15, -0.1) is 0 Å². The predicted molar refractivity (Wildman–Crippen MR) is 81.0 cm³/mol. The standard InChI is InChI=1S/C16H19NO5/c1-3-21-15(19)10-14(18)13(16(20)22-4-2)11-17-12-8-6-5-7-9-12/h5-9,11,17H,3-4,10H2,1-2H3. The van der Waals surface area contributed by atoms with Crippen LogP contribution in [0.3, 0.4) is 0 Å². The Morgan fingerprint density at radius 1 is 1.05 bits per heavy atom. The molecule has 0 aliphatic heterocycles. The fourth-order valence-electron chi connectivity index (χ4n) is 1.59. The van der Waals surface area contributed by atoms with Crippen molar-refractivity contribution in [1.82, 2.24) is 0 Å². The van der Waals surface area contributed by atoms with Crippen molar-refractivity contribution in [2.75, 3.05) is 18.5 Å². The molecule has 0 fully saturated rings. The van der Waals surface area contributed by atoms with Crippen molar-refractivity contribution in [3.05, 3.63) is 42.1 Å². The first-order chi connectivity index (χ1) is 10.6. The Morgan fingerprint density at radius 2 is 1.68 bits per heavy atom. The molecule has 1 aromatic rings. The first-order valence-electron chi connectivity index (χ1n) is 6.96. The van der Waals surface area contributed by atoms with Gasteiger partial charge in [-0.3, -0.25) is 9.59 Å². The molecule has 1 aromatic carbocycles. The van der Waals surface area contributed by atoms with Crippen LogP contribution in [-0.4, -0.2) is 30.9 Å². The van der Waals surface area contributed by atoms with Gasteiger partial charge in [0, 0.05) is 11.9 Å². The number of rotatable bonds is 8. The van der Waals surface area contributed by atoms with Gasteiger partial charge >= 0.3 is 11.9 Å². The zero-order chi connectivity index (χ0) is 16.4. The second-order valence-electron chi connectivity index (χ2n) is 4.19. The molecule has 0 aliphatic carbocycles. The van der Waals surface area contributed by atoms with Gasteiger partial charge in [0.15, 0.2) is 5.78 Å². The summed E-state index contributed by atoms with van der Waals surface area (Å²) in [6.45, 7) is 3.58. The van der Waals surface area contributed by atoms with Crippen molar-refractivity contribution in [2.45, 2.75) is 20.3 Å². The predicted octanol–water partition coefficient (Wildman–Crippen LogP) is 2.07. The Balaban J connectivity index is 2.85. The summed E-state index contributed by atoms with van der Waals surface area (Å²) in [5.41, 5.74) is 0.479. The molecular weight excluding hydrogens is 286 g/mol. The number of carbonyl (C=O) groups excluding carboxylic acids is 3. The van der Waals surface area contributed by atoms with E-state index in [9.17, 15) is 14.4 Å². The number of esters is 2. The maximum absolute atomic E-state index is 12.1. The van der Waals surface area contributed by atoms with Gasteiger partial charge in [0.25, 0.3) is 0 Å². The number of carbonyl (C=O) groups is 3. The number of ketones is 1. The van der Waals surface area contributed by atoms with Crippen LogP contribution in [0, 0.1) is 0 Å². The molecule has 0 saturated heterocycles. The number of hydrogen-bond acceptors (Lipinski definition) is 6. The van der Waals surface area contributed by atoms with Crippen LogP contribution in [0.4, 0.5) is 5.69 Å². The second kappa shape index (κ2) is 9.33. The number of Topliss-reactive ketones (excluding diaryl/α,β-unsaturated/α-hetero) is 1. The minimum Gasteiger partial charge on any atom is -0.466 e. The van der Waals surface area contributed by atoms with Gasteiger partial charge in [-0.25, -0.2) is 4.79 Å². The van der Waals surface area contributed by atoms with Crippen molar-refractivity contribution in [3.8, 4) is 0 Å². The first-order valence-corrected chi connectivity index (χ1v) is 6.96. The van der Waals surface area contributed by atoms with Crippen LogP contribution in [0.5, 0.6) is 0 Å². The molecule has 0 aliphatic rings. The summed E-state index contributed by atoms with van der Waals surface area (Å²) in [4.78, 5) is 35.3. The molecule has 22 heavy (non-hydrogen) atoms. The lowest BCUT2D eigenvalue weighted by Crippen LogP contribution is -2.20. The van der Waals surface area contributed by atoms with E-state index >= 15 is 0 Å². The molecule has 0 radical (unpaired) electrons. The van der Waals surface area contributed by atoms with Crippen LogP contribution in [0.1, 0.15) is 20.3 Å². The minimum atomic E-state index is -0.778. The fourth-order valence-corrected chi connectivity index (χ4v) is 1.59. The number of anilines is 1. The molecule has 0 amide bonds. The molecule has 0 heterocycles. The topological polar surface area (TPSA) is 81.7 Å². The molecule has 6 nitrogen and oxygen atoms in total. The zero-order valence-corrected chi connectivity index (χ0v) is 12.6. The summed E-state index contributed by atoms with van der Waals surface area (Å²) in [6.07, 6.45) is 0.740. The third kappa shape index (κ3) is 5.78. The largest absolute Gasteiger partial charge is 0.466 e. The lowest BCUT2D eigenvalue weighted by molar-refractivity contribution is -0.145. The maximum atomic E-state index is 12.1. The van der Waals surface area contributed by atoms with E-state index in [2.05, 4.69) is 5.32 Å². The van der Waals surface area contributed by atoms with Crippen LogP contribution in [-0.2, 0) is 23.9 Å². The molecular formula is C16H19NO5. The SMILES string of the molecule is CCOC(=O)CC(=O)C(=CNc1ccccc1)C(=O)OCC. The second-order valence-corrected chi connectivity index (χ2v) is 4.19. The average molecular weight is 305 g/mol. The van der Waals surface area contributed by atoms with E-state index in [0.29, 0.717) is 5.69 Å². The van der Waals surface area contributed by atoms with Crippen molar-refractivity contribution in [2.24, 2.45) is 0 Å². The number of ether oxygens (including phenoxy) is 2. The number of nitrogens with one attached hydrogen (secondary N) is 1. The van der Waals surface area contributed by atoms with Gasteiger partial charge in [0.1, 0.15) is 12.0 Å². The van der Waals surface area contributed by atoms with Crippen molar-refractivity contribution in [3.63, 3.8) is 0 Å².